The summed E-state index contributed by atoms with van der Waals surface area (Å²) in [5.74, 6) is 0.868. The molecule has 3 nitrogen and oxygen atoms in total. The van der Waals surface area contributed by atoms with E-state index in [2.05, 4.69) is 9.97 Å². The van der Waals surface area contributed by atoms with Crippen LogP contribution in [0.15, 0.2) is 30.3 Å². The molecular formula is C14H12Cl2N2O. The SMILES string of the molecule is Clc1nc(C2CCOC2)nc(Cl)c1-c1ccccc1. The molecule has 0 spiro atoms. The van der Waals surface area contributed by atoms with Gasteiger partial charge in [-0.1, -0.05) is 53.5 Å². The van der Waals surface area contributed by atoms with Crippen molar-refractivity contribution in [1.29, 1.82) is 0 Å². The average molecular weight is 295 g/mol. The van der Waals surface area contributed by atoms with Crippen LogP contribution < -0.4 is 0 Å². The van der Waals surface area contributed by atoms with Gasteiger partial charge in [-0.05, 0) is 12.0 Å². The summed E-state index contributed by atoms with van der Waals surface area (Å²) in [6.45, 7) is 1.38. The molecule has 1 aromatic carbocycles. The van der Waals surface area contributed by atoms with Crippen molar-refractivity contribution in [2.24, 2.45) is 0 Å². The maximum atomic E-state index is 6.27. The Morgan fingerprint density at radius 1 is 1.05 bits per heavy atom. The molecule has 2 heterocycles. The average Bonchev–Trinajstić information content (AvgIpc) is 2.93. The minimum absolute atomic E-state index is 0.194. The van der Waals surface area contributed by atoms with Crippen molar-refractivity contribution >= 4 is 23.2 Å². The Labute approximate surface area is 121 Å². The third kappa shape index (κ3) is 2.59. The van der Waals surface area contributed by atoms with Crippen LogP contribution in [0.1, 0.15) is 18.2 Å². The first kappa shape index (κ1) is 12.9. The lowest BCUT2D eigenvalue weighted by atomic mass is 10.1. The molecule has 0 aliphatic carbocycles. The van der Waals surface area contributed by atoms with Crippen LogP contribution in [-0.2, 0) is 4.74 Å². The van der Waals surface area contributed by atoms with E-state index >= 15 is 0 Å². The Kier molecular flexibility index (Phi) is 3.69. The molecule has 0 amide bonds. The van der Waals surface area contributed by atoms with Crippen molar-refractivity contribution in [2.45, 2.75) is 12.3 Å². The highest BCUT2D eigenvalue weighted by Gasteiger charge is 2.23. The van der Waals surface area contributed by atoms with Gasteiger partial charge >= 0.3 is 0 Å². The lowest BCUT2D eigenvalue weighted by molar-refractivity contribution is 0.193. The van der Waals surface area contributed by atoms with Crippen LogP contribution in [-0.4, -0.2) is 23.2 Å². The van der Waals surface area contributed by atoms with E-state index in [-0.39, 0.29) is 5.92 Å². The molecule has 1 aliphatic rings. The highest BCUT2D eigenvalue weighted by Crippen LogP contribution is 2.34. The number of ether oxygens (including phenoxy) is 1. The van der Waals surface area contributed by atoms with E-state index in [0.29, 0.717) is 28.3 Å². The van der Waals surface area contributed by atoms with Gasteiger partial charge in [0.1, 0.15) is 16.1 Å². The largest absolute Gasteiger partial charge is 0.381 e. The molecule has 2 aromatic rings. The van der Waals surface area contributed by atoms with E-state index in [4.69, 9.17) is 27.9 Å². The third-order valence-electron chi connectivity index (χ3n) is 3.20. The van der Waals surface area contributed by atoms with Gasteiger partial charge in [-0.3, -0.25) is 0 Å². The van der Waals surface area contributed by atoms with Crippen LogP contribution in [0.25, 0.3) is 11.1 Å². The molecule has 5 heteroatoms. The summed E-state index contributed by atoms with van der Waals surface area (Å²) < 4.78 is 5.34. The van der Waals surface area contributed by atoms with Crippen molar-refractivity contribution in [3.63, 3.8) is 0 Å². The Balaban J connectivity index is 2.03. The summed E-state index contributed by atoms with van der Waals surface area (Å²) in [5.41, 5.74) is 1.61. The van der Waals surface area contributed by atoms with Crippen molar-refractivity contribution in [3.8, 4) is 11.1 Å². The smallest absolute Gasteiger partial charge is 0.142 e. The molecule has 0 radical (unpaired) electrons. The summed E-state index contributed by atoms with van der Waals surface area (Å²) >= 11 is 12.5. The first-order chi connectivity index (χ1) is 9.25. The molecular weight excluding hydrogens is 283 g/mol. The second kappa shape index (κ2) is 5.45. The van der Waals surface area contributed by atoms with E-state index in [0.717, 1.165) is 18.6 Å². The van der Waals surface area contributed by atoms with Crippen molar-refractivity contribution in [2.75, 3.05) is 13.2 Å². The second-order valence-electron chi connectivity index (χ2n) is 4.46. The van der Waals surface area contributed by atoms with E-state index in [9.17, 15) is 0 Å². The Bertz CT molecular complexity index is 560. The normalized spacial score (nSPS) is 18.7. The fourth-order valence-electron chi connectivity index (χ4n) is 2.19. The number of benzene rings is 1. The van der Waals surface area contributed by atoms with Gasteiger partial charge in [-0.15, -0.1) is 0 Å². The molecule has 1 aliphatic heterocycles. The second-order valence-corrected chi connectivity index (χ2v) is 5.18. The minimum Gasteiger partial charge on any atom is -0.381 e. The summed E-state index contributed by atoms with van der Waals surface area (Å²) in [6.07, 6.45) is 0.914. The number of hydrogen-bond donors (Lipinski definition) is 0. The standard InChI is InChI=1S/C14H12Cl2N2O/c15-12-11(9-4-2-1-3-5-9)13(16)18-14(17-12)10-6-7-19-8-10/h1-5,10H,6-8H2. The summed E-state index contributed by atoms with van der Waals surface area (Å²) in [5, 5.41) is 0.793. The molecule has 1 aromatic heterocycles. The Morgan fingerprint density at radius 2 is 1.74 bits per heavy atom. The summed E-state index contributed by atoms with van der Waals surface area (Å²) in [6, 6.07) is 9.68. The number of halogens is 2. The summed E-state index contributed by atoms with van der Waals surface area (Å²) in [7, 11) is 0. The molecule has 0 bridgehead atoms. The van der Waals surface area contributed by atoms with E-state index < -0.39 is 0 Å². The van der Waals surface area contributed by atoms with Crippen LogP contribution in [0.3, 0.4) is 0 Å². The predicted molar refractivity (Wildman–Crippen MR) is 75.7 cm³/mol. The minimum atomic E-state index is 0.194. The Morgan fingerprint density at radius 3 is 2.32 bits per heavy atom. The lowest BCUT2D eigenvalue weighted by Gasteiger charge is -2.11. The van der Waals surface area contributed by atoms with Crippen LogP contribution in [0.2, 0.25) is 10.3 Å². The first-order valence-electron chi connectivity index (χ1n) is 6.12. The van der Waals surface area contributed by atoms with Crippen LogP contribution in [0, 0.1) is 0 Å². The van der Waals surface area contributed by atoms with Gasteiger partial charge in [-0.2, -0.15) is 0 Å². The van der Waals surface area contributed by atoms with Gasteiger partial charge < -0.3 is 4.74 Å². The number of aromatic nitrogens is 2. The van der Waals surface area contributed by atoms with Gasteiger partial charge in [0, 0.05) is 12.5 Å². The zero-order valence-corrected chi connectivity index (χ0v) is 11.7. The van der Waals surface area contributed by atoms with E-state index in [1.54, 1.807) is 0 Å². The van der Waals surface area contributed by atoms with Gasteiger partial charge in [-0.25, -0.2) is 9.97 Å². The van der Waals surface area contributed by atoms with Gasteiger partial charge in [0.15, 0.2) is 0 Å². The monoisotopic (exact) mass is 294 g/mol. The van der Waals surface area contributed by atoms with Crippen molar-refractivity contribution in [1.82, 2.24) is 9.97 Å². The Hall–Kier alpha value is -1.16. The molecule has 0 saturated carbocycles. The van der Waals surface area contributed by atoms with Crippen LogP contribution in [0.5, 0.6) is 0 Å². The van der Waals surface area contributed by atoms with Crippen LogP contribution >= 0.6 is 23.2 Å². The zero-order valence-electron chi connectivity index (χ0n) is 10.1. The maximum absolute atomic E-state index is 6.27. The molecule has 98 valence electrons. The number of hydrogen-bond acceptors (Lipinski definition) is 3. The highest BCUT2D eigenvalue weighted by atomic mass is 35.5. The molecule has 1 saturated heterocycles. The molecule has 19 heavy (non-hydrogen) atoms. The molecule has 1 atom stereocenters. The maximum Gasteiger partial charge on any atom is 0.142 e. The molecule has 3 rings (SSSR count). The molecule has 0 N–H and O–H groups in total. The molecule has 1 fully saturated rings. The zero-order chi connectivity index (χ0) is 13.2. The van der Waals surface area contributed by atoms with Gasteiger partial charge in [0.05, 0.1) is 12.2 Å². The van der Waals surface area contributed by atoms with E-state index in [1.165, 1.54) is 0 Å². The summed E-state index contributed by atoms with van der Waals surface area (Å²) in [4.78, 5) is 8.76. The van der Waals surface area contributed by atoms with Crippen molar-refractivity contribution < 1.29 is 4.74 Å². The lowest BCUT2D eigenvalue weighted by Crippen LogP contribution is -2.05. The molecule has 1 unspecified atom stereocenters. The topological polar surface area (TPSA) is 35.0 Å². The van der Waals surface area contributed by atoms with Crippen LogP contribution in [0.4, 0.5) is 0 Å². The fourth-order valence-corrected chi connectivity index (χ4v) is 2.81. The van der Waals surface area contributed by atoms with Gasteiger partial charge in [0.2, 0.25) is 0 Å². The fraction of sp³-hybridized carbons (Fsp3) is 0.286. The predicted octanol–water partition coefficient (Wildman–Crippen LogP) is 3.95. The third-order valence-corrected chi connectivity index (χ3v) is 3.74. The number of nitrogens with zero attached hydrogens (tertiary/aromatic N) is 2. The highest BCUT2D eigenvalue weighted by molar-refractivity contribution is 6.37. The van der Waals surface area contributed by atoms with E-state index in [1.807, 2.05) is 30.3 Å². The first-order valence-corrected chi connectivity index (χ1v) is 6.87. The van der Waals surface area contributed by atoms with Crippen molar-refractivity contribution in [3.05, 3.63) is 46.5 Å². The van der Waals surface area contributed by atoms with Gasteiger partial charge in [0.25, 0.3) is 0 Å². The quantitative estimate of drug-likeness (QED) is 0.787. The number of rotatable bonds is 2.